The highest BCUT2D eigenvalue weighted by atomic mass is 16.7. The van der Waals surface area contributed by atoms with Crippen LogP contribution in [-0.2, 0) is 56.9 Å². The van der Waals surface area contributed by atoms with Gasteiger partial charge in [-0.3, -0.25) is 4.79 Å². The van der Waals surface area contributed by atoms with Crippen molar-refractivity contribution >= 4 is 5.97 Å². The van der Waals surface area contributed by atoms with Gasteiger partial charge in [-0.1, -0.05) is 63.5 Å². The summed E-state index contributed by atoms with van der Waals surface area (Å²) in [7, 11) is 4.81. The Labute approximate surface area is 391 Å². The average Bonchev–Trinajstić information content (AvgIpc) is 3.63. The number of methoxy groups -OCH3 is 3. The van der Waals surface area contributed by atoms with Gasteiger partial charge in [0.2, 0.25) is 0 Å². The predicted molar refractivity (Wildman–Crippen MR) is 241 cm³/mol. The Hall–Kier alpha value is -2.09. The quantitative estimate of drug-likeness (QED) is 0.198. The van der Waals surface area contributed by atoms with Crippen molar-refractivity contribution in [2.45, 2.75) is 215 Å². The van der Waals surface area contributed by atoms with Gasteiger partial charge in [-0.15, -0.1) is 0 Å². The van der Waals surface area contributed by atoms with E-state index in [2.05, 4.69) is 19.9 Å². The number of hydrogen-bond donors (Lipinski definition) is 3. The molecule has 6 heterocycles. The molecule has 8 rings (SSSR count). The molecule has 15 heteroatoms. The third-order valence-electron chi connectivity index (χ3n) is 16.2. The number of carbonyl (C=O) groups excluding carboxylic acids is 1. The van der Waals surface area contributed by atoms with Crippen LogP contribution in [0.4, 0.5) is 0 Å². The lowest BCUT2D eigenvalue weighted by Crippen LogP contribution is -2.60. The molecule has 3 N–H and O–H groups in total. The van der Waals surface area contributed by atoms with Gasteiger partial charge >= 0.3 is 5.97 Å². The van der Waals surface area contributed by atoms with Crippen LogP contribution in [0.3, 0.4) is 0 Å². The summed E-state index contributed by atoms with van der Waals surface area (Å²) in [6.45, 7) is 11.9. The van der Waals surface area contributed by atoms with E-state index < -0.39 is 103 Å². The monoisotopic (exact) mass is 931 g/mol. The summed E-state index contributed by atoms with van der Waals surface area (Å²) in [5.74, 6) is -2.74. The summed E-state index contributed by atoms with van der Waals surface area (Å²) < 4.78 is 70.4. The lowest BCUT2D eigenvalue weighted by atomic mass is 9.70. The number of fused-ring (bicyclic) bond motifs is 2. The van der Waals surface area contributed by atoms with E-state index in [0.717, 1.165) is 36.8 Å². The van der Waals surface area contributed by atoms with E-state index in [0.29, 0.717) is 37.2 Å². The van der Waals surface area contributed by atoms with Gasteiger partial charge in [-0.05, 0) is 69.6 Å². The molecule has 8 aliphatic rings. The lowest BCUT2D eigenvalue weighted by molar-refractivity contribution is -0.355. The predicted octanol–water partition coefficient (Wildman–Crippen LogP) is 5.76. The molecule has 66 heavy (non-hydrogen) atoms. The van der Waals surface area contributed by atoms with Gasteiger partial charge in [-0.25, -0.2) is 0 Å². The summed E-state index contributed by atoms with van der Waals surface area (Å²) in [5, 5.41) is 35.0. The molecular formula is C51H78O15. The van der Waals surface area contributed by atoms with Gasteiger partial charge in [0.15, 0.2) is 18.4 Å². The van der Waals surface area contributed by atoms with Crippen molar-refractivity contribution in [1.29, 1.82) is 0 Å². The fraction of sp³-hybridized carbons (Fsp3) is 0.824. The number of ether oxygens (including phenoxy) is 11. The first-order chi connectivity index (χ1) is 31.6. The molecule has 5 saturated heterocycles. The zero-order chi connectivity index (χ0) is 47.1. The SMILES string of the molecule is CO[C@H]1C[C@H](O[C@H]2[C@H](C)O[C@@H](O[C@@H]3/C(C)=C\C[C@@H]4C[C@@H](C[C@]5(CC(O)[C@H](C)C(C6CCCCC6)O5)O4)OC(=O)[C@@H]4C=C(C)[C@@H](OC)[C@H]5OCC(=C/C=C\[C@@H]3C)[C@]54O)C[C@@H]2OC)O[C@@H](C)[C@@H]1O. The molecule has 372 valence electrons. The van der Waals surface area contributed by atoms with Crippen LogP contribution in [-0.4, -0.2) is 153 Å². The molecule has 0 aromatic carbocycles. The molecule has 0 amide bonds. The van der Waals surface area contributed by atoms with E-state index >= 15 is 0 Å². The maximum absolute atomic E-state index is 14.6. The molecule has 0 radical (unpaired) electrons. The summed E-state index contributed by atoms with van der Waals surface area (Å²) in [5.41, 5.74) is 0.548. The zero-order valence-electron chi connectivity index (χ0n) is 40.6. The van der Waals surface area contributed by atoms with Crippen molar-refractivity contribution in [2.24, 2.45) is 23.7 Å². The van der Waals surface area contributed by atoms with E-state index in [1.165, 1.54) is 6.42 Å². The Morgan fingerprint density at radius 2 is 1.50 bits per heavy atom. The van der Waals surface area contributed by atoms with Crippen molar-refractivity contribution in [3.8, 4) is 0 Å². The van der Waals surface area contributed by atoms with Gasteiger partial charge in [0, 0.05) is 65.3 Å². The molecule has 6 aliphatic heterocycles. The molecule has 1 spiro atoms. The second kappa shape index (κ2) is 21.1. The smallest absolute Gasteiger partial charge is 0.316 e. The second-order valence-corrected chi connectivity index (χ2v) is 20.7. The number of allylic oxidation sites excluding steroid dienone is 2. The van der Waals surface area contributed by atoms with Crippen LogP contribution in [0.25, 0.3) is 0 Å². The highest BCUT2D eigenvalue weighted by Crippen LogP contribution is 2.49. The molecule has 2 aliphatic carbocycles. The summed E-state index contributed by atoms with van der Waals surface area (Å²) >= 11 is 0. The number of aliphatic hydroxyl groups is 3. The van der Waals surface area contributed by atoms with Crippen LogP contribution in [0.2, 0.25) is 0 Å². The van der Waals surface area contributed by atoms with Crippen LogP contribution in [0.1, 0.15) is 112 Å². The van der Waals surface area contributed by atoms with Crippen molar-refractivity contribution in [3.05, 3.63) is 47.1 Å². The van der Waals surface area contributed by atoms with Gasteiger partial charge in [0.25, 0.3) is 0 Å². The van der Waals surface area contributed by atoms with E-state index in [1.807, 2.05) is 39.0 Å². The molecule has 0 aromatic rings. The van der Waals surface area contributed by atoms with Crippen LogP contribution >= 0.6 is 0 Å². The Kier molecular flexibility index (Phi) is 16.1. The standard InChI is InChI=1S/C51H78O15/c1-27-14-13-17-34-26-59-48-45(58-9)29(3)20-37(51(34,48)55)49(54)62-36-21-35(65-50(24-36)25-38(52)30(4)46(66-50)33-15-11-10-12-16-33)19-18-28(2)44(27)63-42-23-40(57-8)47(32(6)61-42)64-41-22-39(56-7)43(53)31(5)60-41/h13-14,17-18,20,27,30-33,35-48,52-53,55H,10-12,15-16,19,21-26H2,1-9H3/b14-13-,28-18-,34-17?/t27-,30-,31-,32-,35+,36-,37-,38?,39-,40-,41-,42-,43-,44-,45+,46?,47-,48+,50-,51+/m0/s1. The second-order valence-electron chi connectivity index (χ2n) is 20.7. The molecule has 1 saturated carbocycles. The first kappa shape index (κ1) is 50.3. The Morgan fingerprint density at radius 1 is 0.788 bits per heavy atom. The zero-order valence-corrected chi connectivity index (χ0v) is 40.6. The summed E-state index contributed by atoms with van der Waals surface area (Å²) in [6, 6.07) is 0. The molecule has 6 fully saturated rings. The first-order valence-corrected chi connectivity index (χ1v) is 24.8. The maximum Gasteiger partial charge on any atom is 0.316 e. The minimum atomic E-state index is -1.74. The van der Waals surface area contributed by atoms with Crippen LogP contribution in [0, 0.1) is 23.7 Å². The van der Waals surface area contributed by atoms with E-state index in [9.17, 15) is 20.1 Å². The van der Waals surface area contributed by atoms with E-state index in [-0.39, 0.29) is 43.5 Å². The molecule has 15 nitrogen and oxygen atoms in total. The normalized spacial score (nSPS) is 48.7. The maximum atomic E-state index is 14.6. The highest BCUT2D eigenvalue weighted by Gasteiger charge is 2.61. The third-order valence-corrected chi connectivity index (χ3v) is 16.2. The fourth-order valence-corrected chi connectivity index (χ4v) is 12.4. The van der Waals surface area contributed by atoms with Gasteiger partial charge in [0.1, 0.15) is 42.0 Å². The van der Waals surface area contributed by atoms with Crippen molar-refractivity contribution < 1.29 is 72.2 Å². The topological polar surface area (TPSA) is 179 Å². The average molecular weight is 931 g/mol. The molecule has 0 aromatic heterocycles. The van der Waals surface area contributed by atoms with Gasteiger partial charge in [-0.2, -0.15) is 0 Å². The molecule has 20 atom stereocenters. The number of carbonyl (C=O) groups is 1. The van der Waals surface area contributed by atoms with Crippen molar-refractivity contribution in [1.82, 2.24) is 0 Å². The Bertz CT molecular complexity index is 1790. The largest absolute Gasteiger partial charge is 0.462 e. The van der Waals surface area contributed by atoms with Gasteiger partial charge < -0.3 is 67.4 Å². The Balaban J connectivity index is 1.09. The number of aliphatic hydroxyl groups excluding tert-OH is 2. The van der Waals surface area contributed by atoms with Crippen LogP contribution in [0.5, 0.6) is 0 Å². The third kappa shape index (κ3) is 10.2. The minimum absolute atomic E-state index is 0.0720. The van der Waals surface area contributed by atoms with Gasteiger partial charge in [0.05, 0.1) is 55.4 Å². The fourth-order valence-electron chi connectivity index (χ4n) is 12.4. The van der Waals surface area contributed by atoms with Crippen molar-refractivity contribution in [2.75, 3.05) is 27.9 Å². The Morgan fingerprint density at radius 3 is 2.23 bits per heavy atom. The number of rotatable bonds is 8. The minimum Gasteiger partial charge on any atom is -0.462 e. The summed E-state index contributed by atoms with van der Waals surface area (Å²) in [4.78, 5) is 14.6. The lowest BCUT2D eigenvalue weighted by Gasteiger charge is -2.53. The first-order valence-electron chi connectivity index (χ1n) is 24.8. The number of esters is 1. The van der Waals surface area contributed by atoms with E-state index in [4.69, 9.17) is 52.1 Å². The summed E-state index contributed by atoms with van der Waals surface area (Å²) in [6.07, 6.45) is 9.39. The van der Waals surface area contributed by atoms with E-state index in [1.54, 1.807) is 34.3 Å². The number of hydrogen-bond acceptors (Lipinski definition) is 15. The highest BCUT2D eigenvalue weighted by molar-refractivity contribution is 5.78. The van der Waals surface area contributed by atoms with Crippen LogP contribution < -0.4 is 0 Å². The van der Waals surface area contributed by atoms with Crippen molar-refractivity contribution in [3.63, 3.8) is 0 Å². The molecule has 2 bridgehead atoms. The van der Waals surface area contributed by atoms with Crippen LogP contribution in [0.15, 0.2) is 47.1 Å². The molecular weight excluding hydrogens is 853 g/mol. The molecule has 2 unspecified atom stereocenters.